The number of carbonyl (C=O) groups is 1. The summed E-state index contributed by atoms with van der Waals surface area (Å²) in [6.45, 7) is 6.41. The number of para-hydroxylation sites is 1. The van der Waals surface area contributed by atoms with Crippen LogP contribution in [-0.2, 0) is 0 Å². The number of benzene rings is 1. The molecule has 0 aromatic heterocycles. The zero-order chi connectivity index (χ0) is 13.0. The molecule has 0 aliphatic heterocycles. The van der Waals surface area contributed by atoms with Crippen LogP contribution in [-0.4, -0.2) is 30.4 Å². The van der Waals surface area contributed by atoms with Gasteiger partial charge in [0.05, 0.1) is 11.3 Å². The Kier molecular flexibility index (Phi) is 4.49. The number of hydrogen-bond acceptors (Lipinski definition) is 2. The molecule has 0 aliphatic rings. The molecule has 0 fully saturated rings. The number of amides is 1. The summed E-state index contributed by atoms with van der Waals surface area (Å²) in [6, 6.07) is 4.63. The van der Waals surface area contributed by atoms with Gasteiger partial charge in [-0.1, -0.05) is 6.07 Å². The zero-order valence-electron chi connectivity index (χ0n) is 10.7. The summed E-state index contributed by atoms with van der Waals surface area (Å²) in [4.78, 5) is 14.0. The lowest BCUT2D eigenvalue weighted by Gasteiger charge is -2.26. The quantitative estimate of drug-likeness (QED) is 0.874. The zero-order valence-corrected chi connectivity index (χ0v) is 10.7. The molecule has 0 saturated carbocycles. The fourth-order valence-electron chi connectivity index (χ4n) is 1.85. The van der Waals surface area contributed by atoms with Crippen LogP contribution in [0.4, 0.5) is 10.1 Å². The molecule has 1 N–H and O–H groups in total. The number of anilines is 1. The van der Waals surface area contributed by atoms with Gasteiger partial charge in [-0.3, -0.25) is 4.79 Å². The highest BCUT2D eigenvalue weighted by Crippen LogP contribution is 2.21. The third kappa shape index (κ3) is 2.75. The Hall–Kier alpha value is -1.58. The Balaban J connectivity index is 3.15. The first-order valence-electron chi connectivity index (χ1n) is 5.80. The van der Waals surface area contributed by atoms with Crippen molar-refractivity contribution in [1.82, 2.24) is 4.90 Å². The lowest BCUT2D eigenvalue weighted by molar-refractivity contribution is 0.0717. The fraction of sp³-hybridized carbons (Fsp3) is 0.462. The Morgan fingerprint density at radius 2 is 2.12 bits per heavy atom. The Bertz CT molecular complexity index is 404. The molecule has 0 spiro atoms. The minimum atomic E-state index is -0.404. The minimum Gasteiger partial charge on any atom is -0.385 e. The highest BCUT2D eigenvalue weighted by Gasteiger charge is 2.21. The molecule has 94 valence electrons. The van der Waals surface area contributed by atoms with Gasteiger partial charge in [-0.2, -0.15) is 0 Å². The number of carbonyl (C=O) groups excluding carboxylic acids is 1. The van der Waals surface area contributed by atoms with E-state index in [1.54, 1.807) is 24.1 Å². The molecule has 0 aliphatic carbocycles. The summed E-state index contributed by atoms with van der Waals surface area (Å²) in [5.74, 6) is -0.551. The van der Waals surface area contributed by atoms with Crippen molar-refractivity contribution in [2.75, 3.05) is 18.9 Å². The smallest absolute Gasteiger partial charge is 0.256 e. The molecule has 0 atom stereocenters. The molecule has 1 rings (SSSR count). The topological polar surface area (TPSA) is 32.3 Å². The maximum absolute atomic E-state index is 13.5. The third-order valence-electron chi connectivity index (χ3n) is 2.72. The summed E-state index contributed by atoms with van der Waals surface area (Å²) in [7, 11) is 1.61. The number of rotatable bonds is 4. The van der Waals surface area contributed by atoms with E-state index in [0.717, 1.165) is 0 Å². The van der Waals surface area contributed by atoms with E-state index >= 15 is 0 Å². The van der Waals surface area contributed by atoms with Gasteiger partial charge in [-0.15, -0.1) is 0 Å². The predicted molar refractivity (Wildman–Crippen MR) is 67.8 cm³/mol. The van der Waals surface area contributed by atoms with Crippen molar-refractivity contribution >= 4 is 11.6 Å². The van der Waals surface area contributed by atoms with Crippen molar-refractivity contribution in [2.45, 2.75) is 26.8 Å². The number of nitrogens with one attached hydrogen (secondary N) is 1. The standard InChI is InChI=1S/C13H19FN2O/c1-5-16(9(2)3)13(17)10-7-6-8-11(14)12(10)15-4/h6-9,15H,5H2,1-4H3. The molecule has 4 heteroatoms. The molecular formula is C13H19FN2O. The van der Waals surface area contributed by atoms with Crippen LogP contribution in [0.5, 0.6) is 0 Å². The van der Waals surface area contributed by atoms with Crippen molar-refractivity contribution in [2.24, 2.45) is 0 Å². The van der Waals surface area contributed by atoms with E-state index in [-0.39, 0.29) is 17.6 Å². The van der Waals surface area contributed by atoms with Crippen molar-refractivity contribution in [3.63, 3.8) is 0 Å². The van der Waals surface area contributed by atoms with Gasteiger partial charge in [0, 0.05) is 19.6 Å². The molecule has 1 aromatic carbocycles. The van der Waals surface area contributed by atoms with Gasteiger partial charge in [0.1, 0.15) is 5.82 Å². The average Bonchev–Trinajstić information content (AvgIpc) is 2.28. The molecular weight excluding hydrogens is 219 g/mol. The normalized spacial score (nSPS) is 10.5. The molecule has 0 saturated heterocycles. The highest BCUT2D eigenvalue weighted by molar-refractivity contribution is 5.99. The Morgan fingerprint density at radius 3 is 2.59 bits per heavy atom. The van der Waals surface area contributed by atoms with Crippen LogP contribution in [0.25, 0.3) is 0 Å². The number of hydrogen-bond donors (Lipinski definition) is 1. The molecule has 0 unspecified atom stereocenters. The van der Waals surface area contributed by atoms with E-state index in [4.69, 9.17) is 0 Å². The first kappa shape index (κ1) is 13.5. The van der Waals surface area contributed by atoms with E-state index in [1.165, 1.54) is 6.07 Å². The van der Waals surface area contributed by atoms with Gasteiger partial charge in [-0.25, -0.2) is 4.39 Å². The summed E-state index contributed by atoms with van der Waals surface area (Å²) >= 11 is 0. The first-order valence-corrected chi connectivity index (χ1v) is 5.80. The number of halogens is 1. The molecule has 17 heavy (non-hydrogen) atoms. The average molecular weight is 238 g/mol. The van der Waals surface area contributed by atoms with Crippen LogP contribution in [0.15, 0.2) is 18.2 Å². The van der Waals surface area contributed by atoms with E-state index in [1.807, 2.05) is 20.8 Å². The predicted octanol–water partition coefficient (Wildman–Crippen LogP) is 2.74. The largest absolute Gasteiger partial charge is 0.385 e. The molecule has 3 nitrogen and oxygen atoms in total. The van der Waals surface area contributed by atoms with Crippen LogP contribution in [0.1, 0.15) is 31.1 Å². The Morgan fingerprint density at radius 1 is 1.47 bits per heavy atom. The second-order valence-electron chi connectivity index (χ2n) is 4.10. The second-order valence-corrected chi connectivity index (χ2v) is 4.10. The summed E-state index contributed by atoms with van der Waals surface area (Å²) in [5.41, 5.74) is 0.639. The van der Waals surface area contributed by atoms with Crippen molar-refractivity contribution in [3.05, 3.63) is 29.6 Å². The molecule has 0 radical (unpaired) electrons. The molecule has 0 heterocycles. The van der Waals surface area contributed by atoms with Crippen molar-refractivity contribution in [3.8, 4) is 0 Å². The van der Waals surface area contributed by atoms with E-state index in [9.17, 15) is 9.18 Å². The Labute approximate surface area is 102 Å². The van der Waals surface area contributed by atoms with Gasteiger partial charge in [0.25, 0.3) is 5.91 Å². The lowest BCUT2D eigenvalue weighted by atomic mass is 10.1. The highest BCUT2D eigenvalue weighted by atomic mass is 19.1. The molecule has 0 bridgehead atoms. The maximum Gasteiger partial charge on any atom is 0.256 e. The maximum atomic E-state index is 13.5. The van der Waals surface area contributed by atoms with Crippen LogP contribution >= 0.6 is 0 Å². The summed E-state index contributed by atoms with van der Waals surface area (Å²) < 4.78 is 13.5. The second kappa shape index (κ2) is 5.66. The summed E-state index contributed by atoms with van der Waals surface area (Å²) in [6.07, 6.45) is 0. The van der Waals surface area contributed by atoms with E-state index in [2.05, 4.69) is 5.32 Å². The van der Waals surface area contributed by atoms with Gasteiger partial charge < -0.3 is 10.2 Å². The van der Waals surface area contributed by atoms with Gasteiger partial charge in [-0.05, 0) is 32.9 Å². The van der Waals surface area contributed by atoms with Gasteiger partial charge >= 0.3 is 0 Å². The third-order valence-corrected chi connectivity index (χ3v) is 2.72. The first-order chi connectivity index (χ1) is 8.02. The van der Waals surface area contributed by atoms with Crippen LogP contribution in [0.2, 0.25) is 0 Å². The van der Waals surface area contributed by atoms with E-state index in [0.29, 0.717) is 12.1 Å². The van der Waals surface area contributed by atoms with Crippen LogP contribution in [0.3, 0.4) is 0 Å². The summed E-state index contributed by atoms with van der Waals surface area (Å²) in [5, 5.41) is 2.74. The fourth-order valence-corrected chi connectivity index (χ4v) is 1.85. The SMILES string of the molecule is CCN(C(=O)c1cccc(F)c1NC)C(C)C. The van der Waals surface area contributed by atoms with Gasteiger partial charge in [0.2, 0.25) is 0 Å². The van der Waals surface area contributed by atoms with Crippen LogP contribution < -0.4 is 5.32 Å². The number of nitrogens with zero attached hydrogens (tertiary/aromatic N) is 1. The van der Waals surface area contributed by atoms with Crippen molar-refractivity contribution in [1.29, 1.82) is 0 Å². The van der Waals surface area contributed by atoms with E-state index < -0.39 is 5.82 Å². The minimum absolute atomic E-state index is 0.0977. The monoisotopic (exact) mass is 238 g/mol. The van der Waals surface area contributed by atoms with Crippen molar-refractivity contribution < 1.29 is 9.18 Å². The molecule has 1 aromatic rings. The van der Waals surface area contributed by atoms with Gasteiger partial charge in [0.15, 0.2) is 0 Å². The van der Waals surface area contributed by atoms with Crippen LogP contribution in [0, 0.1) is 5.82 Å². The lowest BCUT2D eigenvalue weighted by Crippen LogP contribution is -2.37. The molecule has 1 amide bonds.